The maximum absolute atomic E-state index is 12.8. The number of alkyl halides is 3. The molecular formula is C104H102F3N7O13S2. The lowest BCUT2D eigenvalue weighted by molar-refractivity contribution is -0.137. The maximum Gasteiger partial charge on any atom is 0.416 e. The third-order valence-electron chi connectivity index (χ3n) is 21.9. The van der Waals surface area contributed by atoms with Crippen LogP contribution in [-0.4, -0.2) is 65.7 Å². The Bertz CT molecular complexity index is 6130. The number of benzene rings is 8. The zero-order valence-electron chi connectivity index (χ0n) is 73.6. The highest BCUT2D eigenvalue weighted by molar-refractivity contribution is 7.15. The van der Waals surface area contributed by atoms with Gasteiger partial charge in [0.25, 0.3) is 0 Å². The second kappa shape index (κ2) is 44.7. The smallest absolute Gasteiger partial charge is 0.416 e. The van der Waals surface area contributed by atoms with Crippen LogP contribution in [-0.2, 0) is 70.1 Å². The van der Waals surface area contributed by atoms with Gasteiger partial charge in [0.2, 0.25) is 0 Å². The summed E-state index contributed by atoms with van der Waals surface area (Å²) in [6.07, 6.45) is 6.01. The molecule has 15 aromatic rings. The zero-order chi connectivity index (χ0) is 90.9. The number of hydrogen-bond acceptors (Lipinski definition) is 21. The molecule has 25 heteroatoms. The van der Waals surface area contributed by atoms with Gasteiger partial charge in [-0.1, -0.05) is 179 Å². The minimum absolute atomic E-state index is 0.0336. The Balaban J connectivity index is 0.000000147. The molecule has 0 saturated heterocycles. The van der Waals surface area contributed by atoms with Crippen LogP contribution in [0.1, 0.15) is 197 Å². The number of thiophene rings is 1. The highest BCUT2D eigenvalue weighted by Crippen LogP contribution is 2.38. The van der Waals surface area contributed by atoms with Crippen LogP contribution in [0.25, 0.3) is 43.6 Å². The predicted molar refractivity (Wildman–Crippen MR) is 493 cm³/mol. The predicted octanol–water partition coefficient (Wildman–Crippen LogP) is 25.3. The number of nitrogens with zero attached hydrogens (tertiary/aromatic N) is 7. The zero-order valence-corrected chi connectivity index (χ0v) is 75.3. The Morgan fingerprint density at radius 2 is 0.930 bits per heavy atom. The lowest BCUT2D eigenvalue weighted by Gasteiger charge is -2.15. The van der Waals surface area contributed by atoms with Crippen LogP contribution in [0.3, 0.4) is 0 Å². The summed E-state index contributed by atoms with van der Waals surface area (Å²) in [6, 6.07) is 74.9. The average Bonchev–Trinajstić information content (AvgIpc) is 1.79. The Morgan fingerprint density at radius 3 is 1.39 bits per heavy atom. The van der Waals surface area contributed by atoms with Crippen molar-refractivity contribution in [1.82, 2.24) is 30.2 Å². The van der Waals surface area contributed by atoms with Crippen molar-refractivity contribution in [1.29, 1.82) is 0 Å². The van der Waals surface area contributed by atoms with Crippen molar-refractivity contribution in [2.45, 2.75) is 170 Å². The first kappa shape index (κ1) is 93.0. The van der Waals surface area contributed by atoms with E-state index in [2.05, 4.69) is 131 Å². The molecule has 0 bridgehead atoms. The number of thiazole rings is 1. The van der Waals surface area contributed by atoms with E-state index in [4.69, 9.17) is 46.8 Å². The van der Waals surface area contributed by atoms with Gasteiger partial charge in [-0.15, -0.1) is 22.7 Å². The van der Waals surface area contributed by atoms with Gasteiger partial charge in [-0.05, 0) is 187 Å². The van der Waals surface area contributed by atoms with Gasteiger partial charge >= 0.3 is 6.18 Å². The topological polar surface area (TPSA) is 249 Å². The van der Waals surface area contributed by atoms with E-state index in [-0.39, 0.29) is 53.4 Å². The van der Waals surface area contributed by atoms with E-state index in [1.54, 1.807) is 79.4 Å². The van der Waals surface area contributed by atoms with Gasteiger partial charge in [-0.25, -0.2) is 4.98 Å². The Morgan fingerprint density at radius 1 is 0.481 bits per heavy atom. The van der Waals surface area contributed by atoms with Crippen molar-refractivity contribution in [2.75, 3.05) is 6.61 Å². The van der Waals surface area contributed by atoms with Crippen molar-refractivity contribution in [3.05, 3.63) is 349 Å². The highest BCUT2D eigenvalue weighted by Gasteiger charge is 2.31. The number of oxime groups is 1. The molecule has 8 aromatic carbocycles. The number of carbonyl (C=O) groups is 4. The van der Waals surface area contributed by atoms with Crippen LogP contribution >= 0.6 is 22.7 Å². The number of unbranched alkanes of at least 4 members (excludes halogenated alkanes) is 1. The van der Waals surface area contributed by atoms with Gasteiger partial charge in [0, 0.05) is 113 Å². The van der Waals surface area contributed by atoms with E-state index < -0.39 is 11.7 Å². The minimum Gasteiger partial charge on any atom is -0.489 e. The molecule has 0 amide bonds. The number of aryl methyl sites for hydroxylation is 6. The molecule has 20 nitrogen and oxygen atoms in total. The van der Waals surface area contributed by atoms with E-state index in [1.165, 1.54) is 82.7 Å². The number of furan rings is 1. The van der Waals surface area contributed by atoms with Crippen LogP contribution in [0.2, 0.25) is 0 Å². The van der Waals surface area contributed by atoms with E-state index in [0.29, 0.717) is 74.8 Å². The van der Waals surface area contributed by atoms with Gasteiger partial charge < -0.3 is 41.8 Å². The van der Waals surface area contributed by atoms with E-state index in [0.717, 1.165) is 131 Å². The first-order valence-corrected chi connectivity index (χ1v) is 44.3. The number of halogens is 3. The Labute approximate surface area is 756 Å². The number of ketones is 4. The second-order valence-electron chi connectivity index (χ2n) is 31.9. The van der Waals surface area contributed by atoms with Crippen LogP contribution in [0, 0.1) is 27.7 Å². The first-order chi connectivity index (χ1) is 62.3. The van der Waals surface area contributed by atoms with Crippen molar-refractivity contribution in [3.8, 4) is 66.6 Å². The second-order valence-corrected chi connectivity index (χ2v) is 34.2. The molecule has 664 valence electrons. The summed E-state index contributed by atoms with van der Waals surface area (Å²) in [7, 11) is 1.75. The normalized spacial score (nSPS) is 12.6. The summed E-state index contributed by atoms with van der Waals surface area (Å²) in [5, 5.41) is 21.6. The molecular weight excluding hydrogens is 1680 g/mol. The van der Waals surface area contributed by atoms with E-state index in [1.807, 2.05) is 117 Å². The standard InChI is InChI=1S/C28H32N2O3S.C26H25NO4.C25H22F3N3O3.C25H23NO3S/c1-4-5-6-21-7-9-23(10-8-21)28-29-20(3)27(34-28)18-32-24-13-11-22(12-14-24)25(17-19(2)31)26-15-16-33-30-26;1-17-4-6-21(7-5-17)26-15-22(19(3)31-26)16-29-23-10-8-20(9-11-23)24(14-18(2)28)25-12-13-30-27-25;1-16(32)13-22(23-11-12-34-30-23)17-5-9-21(10-6-17)33-15-20-14-24(29-31(20)2)18-3-7-19(8-4-18)25(26,27)28;1-17-3-5-20(6-4-17)25-12-11-22(30-25)16-28-21-9-7-19(8-10-21)23(15-18(2)27)24-13-14-29-26-24/h7-14,25H,4-6,15-18H2,1-3H3;4-13,15,24H,14,16H2,1-3H3;3-12,14,22H,13,15H2,1-2H3;3-14,23H,15-16H2,1-2H3/t25-;24-;22-;23-/m0000/s1. The average molecular weight is 1780 g/mol. The fourth-order valence-corrected chi connectivity index (χ4v) is 16.6. The molecule has 129 heavy (non-hydrogen) atoms. The third kappa shape index (κ3) is 26.5. The van der Waals surface area contributed by atoms with Gasteiger partial charge in [0.05, 0.1) is 50.3 Å². The van der Waals surface area contributed by atoms with Gasteiger partial charge in [-0.2, -0.15) is 18.3 Å². The van der Waals surface area contributed by atoms with Crippen molar-refractivity contribution in [2.24, 2.45) is 12.2 Å². The van der Waals surface area contributed by atoms with Crippen LogP contribution in [0.5, 0.6) is 23.0 Å². The molecule has 4 atom stereocenters. The summed E-state index contributed by atoms with van der Waals surface area (Å²) in [4.78, 5) is 60.4. The van der Waals surface area contributed by atoms with Crippen molar-refractivity contribution >= 4 is 51.5 Å². The Hall–Kier alpha value is -13.7. The molecule has 0 spiro atoms. The SMILES string of the molecule is CC(=O)C[C@@H](c1ccc(OCc2cc(-c3ccc(C(F)(F)F)cc3)nn2C)cc1)c1ccon1.CC(=O)C[C@@H](c1ccc(OCc2cc(-c3ccc(C)cc3)oc2C)cc1)c1ccon1.CC(=O)C[C@@H](c1ccc(OCc2ccc(-c3ccc(C)cc3)s2)cc1)c1ccon1.CCCCc1ccc(-c2nc(C)c(COc3ccc([C@H](CC(C)=O)C4=NOCC4)cc3)s2)cc1. The number of rotatable bonds is 35. The number of ether oxygens (including phenoxy) is 4. The summed E-state index contributed by atoms with van der Waals surface area (Å²) in [5.74, 6) is 4.61. The summed E-state index contributed by atoms with van der Waals surface area (Å²) in [5.41, 5.74) is 17.6. The Kier molecular flexibility index (Phi) is 32.2. The van der Waals surface area contributed by atoms with Gasteiger partial charge in [-0.3, -0.25) is 23.9 Å². The molecule has 8 heterocycles. The maximum atomic E-state index is 12.8. The largest absolute Gasteiger partial charge is 0.489 e. The summed E-state index contributed by atoms with van der Waals surface area (Å²) in [6.45, 7) is 18.9. The molecule has 1 aliphatic heterocycles. The minimum atomic E-state index is -4.38. The summed E-state index contributed by atoms with van der Waals surface area (Å²) < 4.78 is 84.7. The third-order valence-corrected chi connectivity index (χ3v) is 24.1. The molecule has 0 unspecified atom stereocenters. The molecule has 0 fully saturated rings. The number of carbonyl (C=O) groups excluding carboxylic acids is 4. The number of hydrogen-bond donors (Lipinski definition) is 0. The first-order valence-electron chi connectivity index (χ1n) is 42.7. The lowest BCUT2D eigenvalue weighted by Crippen LogP contribution is -2.14. The van der Waals surface area contributed by atoms with E-state index in [9.17, 15) is 32.3 Å². The molecule has 0 saturated carbocycles. The summed E-state index contributed by atoms with van der Waals surface area (Å²) >= 11 is 3.43. The van der Waals surface area contributed by atoms with Crippen LogP contribution in [0.15, 0.2) is 279 Å². The molecule has 0 N–H and O–H groups in total. The monoisotopic (exact) mass is 1780 g/mol. The molecule has 16 rings (SSSR count). The van der Waals surface area contributed by atoms with Crippen LogP contribution < -0.4 is 18.9 Å². The highest BCUT2D eigenvalue weighted by atomic mass is 32.1. The fourth-order valence-electron chi connectivity index (χ4n) is 14.7. The van der Waals surface area contributed by atoms with E-state index >= 15 is 0 Å². The lowest BCUT2D eigenvalue weighted by atomic mass is 9.88. The molecule has 1 aliphatic rings. The molecule has 0 aliphatic carbocycles. The van der Waals surface area contributed by atoms with Crippen molar-refractivity contribution in [3.63, 3.8) is 0 Å². The fraction of sp³-hybridized carbons (Fsp3) is 0.269. The quantitative estimate of drug-likeness (QED) is 0.0358. The van der Waals surface area contributed by atoms with Gasteiger partial charge in [0.1, 0.15) is 114 Å². The molecule has 7 aromatic heterocycles. The van der Waals surface area contributed by atoms with Crippen LogP contribution in [0.4, 0.5) is 13.2 Å². The van der Waals surface area contributed by atoms with Crippen molar-refractivity contribution < 1.29 is 74.1 Å². The van der Waals surface area contributed by atoms with Gasteiger partial charge in [0.15, 0.2) is 0 Å². The number of aromatic nitrogens is 6. The molecule has 0 radical (unpaired) electrons. The number of Topliss-reactive ketones (excluding diaryl/α,β-unsaturated/α-hetero) is 4.